The Morgan fingerprint density at radius 3 is 2.43 bits per heavy atom. The van der Waals surface area contributed by atoms with Gasteiger partial charge in [-0.3, -0.25) is 4.79 Å². The Labute approximate surface area is 163 Å². The summed E-state index contributed by atoms with van der Waals surface area (Å²) in [6.45, 7) is 5.18. The highest BCUT2D eigenvalue weighted by atomic mass is 16.1. The highest BCUT2D eigenvalue weighted by Gasteiger charge is 2.23. The molecule has 0 aliphatic rings. The fourth-order valence-electron chi connectivity index (χ4n) is 3.30. The van der Waals surface area contributed by atoms with E-state index in [9.17, 15) is 4.79 Å². The van der Waals surface area contributed by atoms with Crippen LogP contribution in [0.2, 0.25) is 0 Å². The number of hydrogen-bond acceptors (Lipinski definition) is 4. The number of nitrogens with two attached hydrogens (primary N) is 1. The van der Waals surface area contributed by atoms with Crippen LogP contribution in [0.4, 0.5) is 5.82 Å². The number of rotatable bonds is 5. The van der Waals surface area contributed by atoms with Crippen molar-refractivity contribution in [2.24, 2.45) is 0 Å². The Morgan fingerprint density at radius 1 is 1.07 bits per heavy atom. The Kier molecular flexibility index (Phi) is 4.69. The van der Waals surface area contributed by atoms with Crippen LogP contribution < -0.4 is 11.1 Å². The number of nitrogens with one attached hydrogen (secondary N) is 1. The molecule has 2 heterocycles. The molecule has 2 aromatic carbocycles. The number of benzene rings is 2. The van der Waals surface area contributed by atoms with Crippen molar-refractivity contribution in [2.75, 3.05) is 12.3 Å². The second-order valence-corrected chi connectivity index (χ2v) is 6.97. The number of fused-ring (bicyclic) bond motifs is 2. The number of aromatic nitrogens is 3. The maximum Gasteiger partial charge on any atom is 0.257 e. The van der Waals surface area contributed by atoms with Crippen LogP contribution in [0.25, 0.3) is 22.2 Å². The van der Waals surface area contributed by atoms with Crippen LogP contribution in [-0.2, 0) is 6.54 Å². The largest absolute Gasteiger partial charge is 0.384 e. The molecule has 0 atom stereocenters. The number of para-hydroxylation sites is 2. The van der Waals surface area contributed by atoms with Gasteiger partial charge in [-0.15, -0.1) is 0 Å². The molecule has 0 saturated carbocycles. The quantitative estimate of drug-likeness (QED) is 0.559. The van der Waals surface area contributed by atoms with Gasteiger partial charge >= 0.3 is 0 Å². The van der Waals surface area contributed by atoms with E-state index >= 15 is 0 Å². The van der Waals surface area contributed by atoms with Crippen LogP contribution in [0.5, 0.6) is 0 Å². The monoisotopic (exact) mass is 373 g/mol. The molecule has 0 fully saturated rings. The zero-order valence-electron chi connectivity index (χ0n) is 16.1. The zero-order valence-corrected chi connectivity index (χ0v) is 16.1. The molecule has 0 bridgehead atoms. The summed E-state index contributed by atoms with van der Waals surface area (Å²) in [5.41, 5.74) is 11.8. The third kappa shape index (κ3) is 3.17. The van der Waals surface area contributed by atoms with Crippen molar-refractivity contribution in [1.82, 2.24) is 19.9 Å². The van der Waals surface area contributed by atoms with E-state index in [0.717, 1.165) is 23.0 Å². The molecule has 0 radical (unpaired) electrons. The average molecular weight is 373 g/mol. The van der Waals surface area contributed by atoms with E-state index in [-0.39, 0.29) is 5.91 Å². The normalized spacial score (nSPS) is 11.2. The first kappa shape index (κ1) is 18.0. The molecule has 4 aromatic rings. The molecule has 142 valence electrons. The molecule has 0 unspecified atom stereocenters. The fraction of sp³-hybridized carbons (Fsp3) is 0.227. The van der Waals surface area contributed by atoms with Crippen LogP contribution in [0.3, 0.4) is 0 Å². The maximum atomic E-state index is 12.8. The van der Waals surface area contributed by atoms with Crippen LogP contribution >= 0.6 is 0 Å². The van der Waals surface area contributed by atoms with Gasteiger partial charge in [0.15, 0.2) is 5.65 Å². The van der Waals surface area contributed by atoms with Gasteiger partial charge in [0.2, 0.25) is 0 Å². The van der Waals surface area contributed by atoms with Crippen molar-refractivity contribution in [1.29, 1.82) is 0 Å². The second kappa shape index (κ2) is 7.31. The highest BCUT2D eigenvalue weighted by molar-refractivity contribution is 6.10. The summed E-state index contributed by atoms with van der Waals surface area (Å²) in [4.78, 5) is 22.3. The third-order valence-electron chi connectivity index (χ3n) is 4.82. The minimum absolute atomic E-state index is 0.211. The van der Waals surface area contributed by atoms with Gasteiger partial charge in [0, 0.05) is 6.54 Å². The van der Waals surface area contributed by atoms with E-state index in [0.29, 0.717) is 35.6 Å². The summed E-state index contributed by atoms with van der Waals surface area (Å²) in [6.07, 6.45) is 0.849. The lowest BCUT2D eigenvalue weighted by Crippen LogP contribution is -2.25. The van der Waals surface area contributed by atoms with Crippen molar-refractivity contribution < 1.29 is 4.79 Å². The molecule has 0 spiro atoms. The number of anilines is 1. The van der Waals surface area contributed by atoms with Gasteiger partial charge in [-0.1, -0.05) is 48.9 Å². The Bertz CT molecular complexity index is 1160. The van der Waals surface area contributed by atoms with E-state index in [1.54, 1.807) is 0 Å². The van der Waals surface area contributed by atoms with Crippen molar-refractivity contribution in [3.8, 4) is 0 Å². The summed E-state index contributed by atoms with van der Waals surface area (Å²) in [6, 6.07) is 15.9. The average Bonchev–Trinajstić information content (AvgIpc) is 2.97. The first-order valence-electron chi connectivity index (χ1n) is 9.46. The van der Waals surface area contributed by atoms with Gasteiger partial charge in [-0.05, 0) is 31.0 Å². The maximum absolute atomic E-state index is 12.8. The lowest BCUT2D eigenvalue weighted by atomic mass is 10.1. The minimum Gasteiger partial charge on any atom is -0.384 e. The van der Waals surface area contributed by atoms with Gasteiger partial charge in [-0.25, -0.2) is 9.97 Å². The van der Waals surface area contributed by atoms with Gasteiger partial charge < -0.3 is 15.6 Å². The molecule has 0 aliphatic carbocycles. The first-order valence-corrected chi connectivity index (χ1v) is 9.46. The van der Waals surface area contributed by atoms with Crippen LogP contribution in [-0.4, -0.2) is 27.0 Å². The second-order valence-electron chi connectivity index (χ2n) is 6.97. The van der Waals surface area contributed by atoms with E-state index in [4.69, 9.17) is 15.7 Å². The zero-order chi connectivity index (χ0) is 19.7. The van der Waals surface area contributed by atoms with E-state index in [2.05, 4.69) is 36.5 Å². The number of nitrogens with zero attached hydrogens (tertiary/aromatic N) is 3. The lowest BCUT2D eigenvalue weighted by molar-refractivity contribution is 0.0956. The number of carbonyl (C=O) groups is 1. The Morgan fingerprint density at radius 2 is 1.75 bits per heavy atom. The number of hydrogen-bond donors (Lipinski definition) is 2. The topological polar surface area (TPSA) is 85.8 Å². The van der Waals surface area contributed by atoms with Crippen LogP contribution in [0.1, 0.15) is 34.8 Å². The molecular weight excluding hydrogens is 350 g/mol. The molecular formula is C22H23N5O. The summed E-state index contributed by atoms with van der Waals surface area (Å²) >= 11 is 0. The molecule has 1 amide bonds. The van der Waals surface area contributed by atoms with Crippen LogP contribution in [0.15, 0.2) is 48.5 Å². The summed E-state index contributed by atoms with van der Waals surface area (Å²) < 4.78 is 1.88. The lowest BCUT2D eigenvalue weighted by Gasteiger charge is -2.09. The van der Waals surface area contributed by atoms with E-state index in [1.165, 1.54) is 5.56 Å². The Balaban J connectivity index is 1.91. The Hall–Kier alpha value is -3.41. The van der Waals surface area contributed by atoms with Gasteiger partial charge in [0.1, 0.15) is 16.9 Å². The predicted octanol–water partition coefficient (Wildman–Crippen LogP) is 3.66. The number of nitrogen functional groups attached to an aromatic ring is 1. The molecule has 6 nitrogen and oxygen atoms in total. The molecule has 0 saturated heterocycles. The molecule has 6 heteroatoms. The van der Waals surface area contributed by atoms with Gasteiger partial charge in [0.25, 0.3) is 5.91 Å². The smallest absolute Gasteiger partial charge is 0.257 e. The summed E-state index contributed by atoms with van der Waals surface area (Å²) in [7, 11) is 0. The summed E-state index contributed by atoms with van der Waals surface area (Å²) in [5.74, 6) is 0.177. The van der Waals surface area contributed by atoms with Crippen molar-refractivity contribution in [3.05, 3.63) is 65.2 Å². The van der Waals surface area contributed by atoms with Crippen LogP contribution in [0, 0.1) is 6.92 Å². The van der Waals surface area contributed by atoms with Gasteiger partial charge in [0.05, 0.1) is 17.6 Å². The first-order chi connectivity index (χ1) is 13.6. The molecule has 4 rings (SSSR count). The van der Waals surface area contributed by atoms with E-state index in [1.807, 2.05) is 35.8 Å². The standard InChI is InChI=1S/C22H23N5O/c1-3-12-24-22(28)18-19-21(26-17-7-5-4-6-16(17)25-19)27(20(18)23)13-15-10-8-14(2)9-11-15/h4-11H,3,12-13,23H2,1-2H3,(H,24,28). The van der Waals surface area contributed by atoms with Gasteiger partial charge in [-0.2, -0.15) is 0 Å². The molecule has 2 aromatic heterocycles. The fourth-order valence-corrected chi connectivity index (χ4v) is 3.30. The molecule has 3 N–H and O–H groups in total. The molecule has 0 aliphatic heterocycles. The summed E-state index contributed by atoms with van der Waals surface area (Å²) in [5, 5.41) is 2.91. The van der Waals surface area contributed by atoms with Crippen molar-refractivity contribution in [3.63, 3.8) is 0 Å². The number of amides is 1. The molecule has 28 heavy (non-hydrogen) atoms. The number of aryl methyl sites for hydroxylation is 1. The van der Waals surface area contributed by atoms with Crippen molar-refractivity contribution in [2.45, 2.75) is 26.8 Å². The minimum atomic E-state index is -0.211. The highest BCUT2D eigenvalue weighted by Crippen LogP contribution is 2.28. The SMILES string of the molecule is CCCNC(=O)c1c(N)n(Cc2ccc(C)cc2)c2nc3ccccc3nc12. The third-order valence-corrected chi connectivity index (χ3v) is 4.82. The predicted molar refractivity (Wildman–Crippen MR) is 112 cm³/mol. The number of carbonyl (C=O) groups excluding carboxylic acids is 1. The van der Waals surface area contributed by atoms with E-state index < -0.39 is 0 Å². The van der Waals surface area contributed by atoms with Crippen molar-refractivity contribution >= 4 is 33.9 Å².